The number of aliphatic carboxylic acids is 1. The van der Waals surface area contributed by atoms with Crippen molar-refractivity contribution in [2.45, 2.75) is 32.2 Å². The number of ether oxygens (including phenoxy) is 1. The summed E-state index contributed by atoms with van der Waals surface area (Å²) < 4.78 is 5.06. The molecule has 0 aromatic rings. The molecule has 1 aliphatic rings. The first-order valence-electron chi connectivity index (χ1n) is 5.50. The van der Waals surface area contributed by atoms with Gasteiger partial charge < -0.3 is 9.84 Å². The Morgan fingerprint density at radius 3 is 2.53 bits per heavy atom. The number of methoxy groups -OCH3 is 1. The second-order valence-corrected chi connectivity index (χ2v) is 4.76. The van der Waals surface area contributed by atoms with Gasteiger partial charge in [0.25, 0.3) is 0 Å². The first kappa shape index (κ1) is 12.5. The lowest BCUT2D eigenvalue weighted by molar-refractivity contribution is -0.148. The minimum Gasteiger partial charge on any atom is -0.480 e. The van der Waals surface area contributed by atoms with Gasteiger partial charge >= 0.3 is 5.97 Å². The molecule has 0 saturated heterocycles. The van der Waals surface area contributed by atoms with Crippen LogP contribution >= 0.6 is 0 Å². The molecule has 1 saturated carbocycles. The molecule has 0 aromatic carbocycles. The van der Waals surface area contributed by atoms with Gasteiger partial charge in [0.15, 0.2) is 0 Å². The van der Waals surface area contributed by atoms with Crippen LogP contribution in [0, 0.1) is 11.8 Å². The van der Waals surface area contributed by atoms with Gasteiger partial charge in [-0.3, -0.25) is 10.1 Å². The highest BCUT2D eigenvalue weighted by molar-refractivity contribution is 5.80. The lowest BCUT2D eigenvalue weighted by Gasteiger charge is -2.30. The van der Waals surface area contributed by atoms with Crippen molar-refractivity contribution in [2.75, 3.05) is 20.3 Å². The van der Waals surface area contributed by atoms with Gasteiger partial charge in [-0.2, -0.15) is 0 Å². The lowest BCUT2D eigenvalue weighted by Crippen LogP contribution is -2.58. The quantitative estimate of drug-likeness (QED) is 0.668. The predicted molar refractivity (Wildman–Crippen MR) is 57.8 cm³/mol. The number of rotatable bonds is 7. The first-order valence-corrected chi connectivity index (χ1v) is 5.50. The molecule has 88 valence electrons. The summed E-state index contributed by atoms with van der Waals surface area (Å²) >= 11 is 0. The van der Waals surface area contributed by atoms with E-state index in [0.717, 1.165) is 12.8 Å². The largest absolute Gasteiger partial charge is 0.480 e. The number of carboxylic acid groups (broad SMARTS) is 1. The van der Waals surface area contributed by atoms with Gasteiger partial charge in [0.2, 0.25) is 0 Å². The van der Waals surface area contributed by atoms with Crippen molar-refractivity contribution in [2.24, 2.45) is 11.8 Å². The maximum atomic E-state index is 11.4. The number of hydrogen-bond acceptors (Lipinski definition) is 3. The fraction of sp³-hybridized carbons (Fsp3) is 0.909. The highest BCUT2D eigenvalue weighted by Gasteiger charge is 2.51. The Hall–Kier alpha value is -0.610. The van der Waals surface area contributed by atoms with Crippen LogP contribution in [0.5, 0.6) is 0 Å². The average molecular weight is 215 g/mol. The third kappa shape index (κ3) is 2.92. The molecule has 0 spiro atoms. The van der Waals surface area contributed by atoms with Gasteiger partial charge in [0, 0.05) is 7.11 Å². The van der Waals surface area contributed by atoms with E-state index in [4.69, 9.17) is 4.74 Å². The van der Waals surface area contributed by atoms with E-state index >= 15 is 0 Å². The number of nitrogens with one attached hydrogen (secondary N) is 1. The fourth-order valence-corrected chi connectivity index (χ4v) is 1.82. The summed E-state index contributed by atoms with van der Waals surface area (Å²) in [6.07, 6.45) is 1.97. The van der Waals surface area contributed by atoms with Crippen LogP contribution in [0.4, 0.5) is 0 Å². The molecular weight excluding hydrogens is 194 g/mol. The van der Waals surface area contributed by atoms with Gasteiger partial charge in [-0.1, -0.05) is 13.8 Å². The van der Waals surface area contributed by atoms with Gasteiger partial charge in [0.1, 0.15) is 5.54 Å². The third-order valence-electron chi connectivity index (χ3n) is 2.85. The molecule has 0 aliphatic heterocycles. The van der Waals surface area contributed by atoms with E-state index in [1.54, 1.807) is 7.11 Å². The molecule has 0 amide bonds. The summed E-state index contributed by atoms with van der Waals surface area (Å²) in [6.45, 7) is 5.10. The summed E-state index contributed by atoms with van der Waals surface area (Å²) in [5.74, 6) is -0.111. The van der Waals surface area contributed by atoms with E-state index in [1.807, 2.05) is 0 Å². The smallest absolute Gasteiger partial charge is 0.326 e. The summed E-state index contributed by atoms with van der Waals surface area (Å²) in [5.41, 5.74) is -0.862. The van der Waals surface area contributed by atoms with Gasteiger partial charge in [-0.15, -0.1) is 0 Å². The van der Waals surface area contributed by atoms with E-state index in [1.165, 1.54) is 0 Å². The Bertz CT molecular complexity index is 226. The molecule has 1 rings (SSSR count). The summed E-state index contributed by atoms with van der Waals surface area (Å²) in [6, 6.07) is 0. The minimum atomic E-state index is -0.862. The zero-order valence-corrected chi connectivity index (χ0v) is 9.75. The second kappa shape index (κ2) is 4.94. The molecule has 2 N–H and O–H groups in total. The van der Waals surface area contributed by atoms with Gasteiger partial charge in [-0.05, 0) is 31.2 Å². The molecule has 1 atom stereocenters. The van der Waals surface area contributed by atoms with E-state index in [9.17, 15) is 9.90 Å². The zero-order valence-electron chi connectivity index (χ0n) is 9.75. The maximum Gasteiger partial charge on any atom is 0.326 e. The van der Waals surface area contributed by atoms with Crippen molar-refractivity contribution >= 4 is 5.97 Å². The molecule has 0 radical (unpaired) electrons. The minimum absolute atomic E-state index is 0.230. The summed E-state index contributed by atoms with van der Waals surface area (Å²) in [7, 11) is 1.55. The van der Waals surface area contributed by atoms with Crippen LogP contribution in [0.15, 0.2) is 0 Å². The molecule has 0 heterocycles. The van der Waals surface area contributed by atoms with Crippen molar-refractivity contribution in [1.29, 1.82) is 0 Å². The van der Waals surface area contributed by atoms with Crippen LogP contribution in [0.3, 0.4) is 0 Å². The van der Waals surface area contributed by atoms with Crippen LogP contribution < -0.4 is 5.32 Å². The molecule has 1 aliphatic carbocycles. The van der Waals surface area contributed by atoms with Crippen molar-refractivity contribution < 1.29 is 14.6 Å². The highest BCUT2D eigenvalue weighted by atomic mass is 16.5. The Balaban J connectivity index is 2.67. The zero-order chi connectivity index (χ0) is 11.5. The van der Waals surface area contributed by atoms with Crippen LogP contribution in [0.1, 0.15) is 26.7 Å². The molecular formula is C11H21NO3. The molecule has 4 heteroatoms. The maximum absolute atomic E-state index is 11.4. The molecule has 1 fully saturated rings. The predicted octanol–water partition coefficient (Wildman–Crippen LogP) is 1.11. The Kier molecular flexibility index (Phi) is 4.11. The topological polar surface area (TPSA) is 58.6 Å². The van der Waals surface area contributed by atoms with Crippen molar-refractivity contribution in [1.82, 2.24) is 5.32 Å². The summed E-state index contributed by atoms with van der Waals surface area (Å²) in [5, 5.41) is 12.5. The Morgan fingerprint density at radius 1 is 1.60 bits per heavy atom. The average Bonchev–Trinajstić information content (AvgIpc) is 2.94. The Labute approximate surface area is 91.0 Å². The van der Waals surface area contributed by atoms with Crippen molar-refractivity contribution in [3.8, 4) is 0 Å². The van der Waals surface area contributed by atoms with Gasteiger partial charge in [-0.25, -0.2) is 0 Å². The fourth-order valence-electron chi connectivity index (χ4n) is 1.82. The lowest BCUT2D eigenvalue weighted by atomic mass is 9.93. The van der Waals surface area contributed by atoms with Gasteiger partial charge in [0.05, 0.1) is 6.61 Å². The first-order chi connectivity index (χ1) is 7.03. The number of carboxylic acids is 1. The molecule has 1 unspecified atom stereocenters. The molecule has 4 nitrogen and oxygen atoms in total. The van der Waals surface area contributed by atoms with Crippen LogP contribution in [0.25, 0.3) is 0 Å². The van der Waals surface area contributed by atoms with E-state index in [0.29, 0.717) is 12.5 Å². The monoisotopic (exact) mass is 215 g/mol. The van der Waals surface area contributed by atoms with Crippen LogP contribution in [-0.4, -0.2) is 36.9 Å². The Morgan fingerprint density at radius 2 is 2.20 bits per heavy atom. The number of carbonyl (C=O) groups is 1. The second-order valence-electron chi connectivity index (χ2n) is 4.76. The molecule has 0 aromatic heterocycles. The number of hydrogen-bond donors (Lipinski definition) is 2. The van der Waals surface area contributed by atoms with E-state index in [2.05, 4.69) is 19.2 Å². The standard InChI is InChI=1S/C11H21NO3/c1-8(2)6-12-11(7-15-3,10(13)14)9-4-5-9/h8-9,12H,4-7H2,1-3H3,(H,13,14). The third-order valence-corrected chi connectivity index (χ3v) is 2.85. The van der Waals surface area contributed by atoms with Crippen LogP contribution in [0.2, 0.25) is 0 Å². The normalized spacial score (nSPS) is 20.3. The highest BCUT2D eigenvalue weighted by Crippen LogP contribution is 2.40. The van der Waals surface area contributed by atoms with Crippen molar-refractivity contribution in [3.05, 3.63) is 0 Å². The van der Waals surface area contributed by atoms with Crippen LogP contribution in [-0.2, 0) is 9.53 Å². The summed E-state index contributed by atoms with van der Waals surface area (Å²) in [4.78, 5) is 11.4. The van der Waals surface area contributed by atoms with E-state index < -0.39 is 11.5 Å². The molecule has 0 bridgehead atoms. The SMILES string of the molecule is COCC(NCC(C)C)(C(=O)O)C1CC1. The van der Waals surface area contributed by atoms with E-state index in [-0.39, 0.29) is 12.5 Å². The van der Waals surface area contributed by atoms with Crippen molar-refractivity contribution in [3.63, 3.8) is 0 Å². The molecule has 15 heavy (non-hydrogen) atoms.